The van der Waals surface area contributed by atoms with Crippen molar-refractivity contribution in [3.05, 3.63) is 0 Å². The molecule has 0 bridgehead atoms. The van der Waals surface area contributed by atoms with E-state index >= 15 is 0 Å². The van der Waals surface area contributed by atoms with Gasteiger partial charge in [0.25, 0.3) is 0 Å². The highest BCUT2D eigenvalue weighted by molar-refractivity contribution is 4.82. The van der Waals surface area contributed by atoms with E-state index < -0.39 is 0 Å². The molecule has 0 aliphatic heterocycles. The molecular formula is C22H46N2. The minimum atomic E-state index is 0.779. The molecule has 1 saturated carbocycles. The van der Waals surface area contributed by atoms with Crippen molar-refractivity contribution in [2.75, 3.05) is 13.1 Å². The van der Waals surface area contributed by atoms with Crippen LogP contribution in [0.2, 0.25) is 0 Å². The molecule has 2 N–H and O–H groups in total. The fourth-order valence-corrected chi connectivity index (χ4v) is 4.05. The summed E-state index contributed by atoms with van der Waals surface area (Å²) in [5.41, 5.74) is 0. The van der Waals surface area contributed by atoms with Crippen molar-refractivity contribution in [2.24, 2.45) is 11.8 Å². The normalized spacial score (nSPS) is 24.0. The largest absolute Gasteiger partial charge is 0.314 e. The lowest BCUT2D eigenvalue weighted by Gasteiger charge is -2.32. The number of hydrogen-bond donors (Lipinski definition) is 2. The van der Waals surface area contributed by atoms with Crippen molar-refractivity contribution in [1.29, 1.82) is 0 Å². The molecule has 1 aliphatic carbocycles. The van der Waals surface area contributed by atoms with Gasteiger partial charge in [-0.25, -0.2) is 0 Å². The van der Waals surface area contributed by atoms with E-state index in [1.807, 2.05) is 0 Å². The summed E-state index contributed by atoms with van der Waals surface area (Å²) < 4.78 is 0. The van der Waals surface area contributed by atoms with E-state index in [4.69, 9.17) is 0 Å². The Kier molecular flexibility index (Phi) is 12.9. The average molecular weight is 339 g/mol. The molecule has 0 radical (unpaired) electrons. The smallest absolute Gasteiger partial charge is 0.00683 e. The second kappa shape index (κ2) is 14.1. The van der Waals surface area contributed by atoms with Gasteiger partial charge in [-0.15, -0.1) is 0 Å². The van der Waals surface area contributed by atoms with Gasteiger partial charge in [-0.05, 0) is 63.5 Å². The Morgan fingerprint density at radius 2 is 1.04 bits per heavy atom. The first-order chi connectivity index (χ1) is 11.7. The first kappa shape index (κ1) is 22.0. The monoisotopic (exact) mass is 338 g/mol. The molecule has 2 nitrogen and oxygen atoms in total. The summed E-state index contributed by atoms with van der Waals surface area (Å²) in [5, 5.41) is 7.76. The molecule has 144 valence electrons. The van der Waals surface area contributed by atoms with Gasteiger partial charge in [0.05, 0.1) is 0 Å². The maximum atomic E-state index is 3.88. The predicted molar refractivity (Wildman–Crippen MR) is 109 cm³/mol. The first-order valence-electron chi connectivity index (χ1n) is 11.2. The highest BCUT2D eigenvalue weighted by atomic mass is 14.9. The van der Waals surface area contributed by atoms with Gasteiger partial charge in [0.1, 0.15) is 0 Å². The number of nitrogens with one attached hydrogen (secondary N) is 2. The Hall–Kier alpha value is -0.0800. The summed E-state index contributed by atoms with van der Waals surface area (Å²) >= 11 is 0. The molecule has 2 heteroatoms. The van der Waals surface area contributed by atoms with Crippen LogP contribution >= 0.6 is 0 Å². The standard InChI is InChI=1S/C22H46N2/c1-5-9-11-19(7-3)17-23-21-13-15-22(16-14-21)24-18-20(8-4)12-10-6-2/h19-24H,5-18H2,1-4H3. The van der Waals surface area contributed by atoms with Crippen molar-refractivity contribution in [1.82, 2.24) is 10.6 Å². The zero-order valence-electron chi connectivity index (χ0n) is 17.2. The average Bonchev–Trinajstić information content (AvgIpc) is 2.63. The van der Waals surface area contributed by atoms with E-state index in [1.54, 1.807) is 0 Å². The summed E-state index contributed by atoms with van der Waals surface area (Å²) in [6.07, 6.45) is 16.4. The van der Waals surface area contributed by atoms with Crippen LogP contribution in [0.3, 0.4) is 0 Å². The molecule has 1 rings (SSSR count). The lowest BCUT2D eigenvalue weighted by atomic mass is 9.89. The Balaban J connectivity index is 2.14. The SMILES string of the molecule is CCCCC(CC)CNC1CCC(NCC(CC)CCCC)CC1. The molecular weight excluding hydrogens is 292 g/mol. The van der Waals surface area contributed by atoms with Crippen molar-refractivity contribution in [2.45, 2.75) is 117 Å². The van der Waals surface area contributed by atoms with Crippen LogP contribution in [0.1, 0.15) is 105 Å². The number of hydrogen-bond acceptors (Lipinski definition) is 2. The highest BCUT2D eigenvalue weighted by Crippen LogP contribution is 2.21. The third-order valence-corrected chi connectivity index (χ3v) is 6.20. The molecule has 2 atom stereocenters. The van der Waals surface area contributed by atoms with Crippen molar-refractivity contribution in [3.63, 3.8) is 0 Å². The van der Waals surface area contributed by atoms with E-state index in [1.165, 1.54) is 90.1 Å². The van der Waals surface area contributed by atoms with E-state index in [9.17, 15) is 0 Å². The molecule has 1 fully saturated rings. The maximum absolute atomic E-state index is 3.88. The van der Waals surface area contributed by atoms with Gasteiger partial charge in [0.2, 0.25) is 0 Å². The van der Waals surface area contributed by atoms with Crippen LogP contribution in [0.25, 0.3) is 0 Å². The van der Waals surface area contributed by atoms with Crippen molar-refractivity contribution >= 4 is 0 Å². The molecule has 2 unspecified atom stereocenters. The molecule has 0 heterocycles. The van der Waals surface area contributed by atoms with E-state index in [2.05, 4.69) is 38.3 Å². The molecule has 0 saturated heterocycles. The van der Waals surface area contributed by atoms with Crippen LogP contribution < -0.4 is 10.6 Å². The van der Waals surface area contributed by atoms with Crippen LogP contribution in [0.5, 0.6) is 0 Å². The second-order valence-corrected chi connectivity index (χ2v) is 8.20. The van der Waals surface area contributed by atoms with Crippen LogP contribution in [-0.2, 0) is 0 Å². The first-order valence-corrected chi connectivity index (χ1v) is 11.2. The van der Waals surface area contributed by atoms with Crippen LogP contribution in [0, 0.1) is 11.8 Å². The van der Waals surface area contributed by atoms with Gasteiger partial charge < -0.3 is 10.6 Å². The van der Waals surface area contributed by atoms with Gasteiger partial charge in [-0.3, -0.25) is 0 Å². The second-order valence-electron chi connectivity index (χ2n) is 8.20. The summed E-state index contributed by atoms with van der Waals surface area (Å²) in [4.78, 5) is 0. The van der Waals surface area contributed by atoms with Crippen LogP contribution in [-0.4, -0.2) is 25.2 Å². The fourth-order valence-electron chi connectivity index (χ4n) is 4.05. The van der Waals surface area contributed by atoms with Crippen LogP contribution in [0.4, 0.5) is 0 Å². The van der Waals surface area contributed by atoms with Gasteiger partial charge in [-0.1, -0.05) is 66.2 Å². The molecule has 0 aromatic rings. The van der Waals surface area contributed by atoms with Gasteiger partial charge in [-0.2, -0.15) is 0 Å². The summed E-state index contributed by atoms with van der Waals surface area (Å²) in [7, 11) is 0. The summed E-state index contributed by atoms with van der Waals surface area (Å²) in [6.45, 7) is 11.8. The third kappa shape index (κ3) is 9.42. The predicted octanol–water partition coefficient (Wildman–Crippen LogP) is 5.91. The number of rotatable bonds is 14. The molecule has 1 aliphatic rings. The van der Waals surface area contributed by atoms with Gasteiger partial charge in [0.15, 0.2) is 0 Å². The van der Waals surface area contributed by atoms with E-state index in [-0.39, 0.29) is 0 Å². The van der Waals surface area contributed by atoms with Gasteiger partial charge >= 0.3 is 0 Å². The summed E-state index contributed by atoms with van der Waals surface area (Å²) in [5.74, 6) is 1.79. The van der Waals surface area contributed by atoms with E-state index in [0.29, 0.717) is 0 Å². The minimum Gasteiger partial charge on any atom is -0.314 e. The highest BCUT2D eigenvalue weighted by Gasteiger charge is 2.21. The Morgan fingerprint density at radius 3 is 1.33 bits per heavy atom. The fraction of sp³-hybridized carbons (Fsp3) is 1.00. The zero-order valence-corrected chi connectivity index (χ0v) is 17.2. The van der Waals surface area contributed by atoms with E-state index in [0.717, 1.165) is 23.9 Å². The Morgan fingerprint density at radius 1 is 0.667 bits per heavy atom. The zero-order chi connectivity index (χ0) is 17.6. The summed E-state index contributed by atoms with van der Waals surface area (Å²) in [6, 6.07) is 1.56. The molecule has 0 amide bonds. The third-order valence-electron chi connectivity index (χ3n) is 6.20. The van der Waals surface area contributed by atoms with Crippen molar-refractivity contribution in [3.8, 4) is 0 Å². The molecule has 0 spiro atoms. The Bertz CT molecular complexity index is 243. The lowest BCUT2D eigenvalue weighted by molar-refractivity contribution is 0.277. The quantitative estimate of drug-likeness (QED) is 0.411. The molecule has 24 heavy (non-hydrogen) atoms. The number of unbranched alkanes of at least 4 members (excludes halogenated alkanes) is 2. The molecule has 0 aromatic heterocycles. The van der Waals surface area contributed by atoms with Gasteiger partial charge in [0, 0.05) is 12.1 Å². The Labute approximate surface area is 152 Å². The topological polar surface area (TPSA) is 24.1 Å². The van der Waals surface area contributed by atoms with Crippen molar-refractivity contribution < 1.29 is 0 Å². The maximum Gasteiger partial charge on any atom is 0.00683 e. The lowest BCUT2D eigenvalue weighted by Crippen LogP contribution is -2.42. The minimum absolute atomic E-state index is 0.779. The van der Waals surface area contributed by atoms with Crippen LogP contribution in [0.15, 0.2) is 0 Å². The molecule has 0 aromatic carbocycles.